The lowest BCUT2D eigenvalue weighted by atomic mass is 10.0. The first kappa shape index (κ1) is 30.5. The Bertz CT molecular complexity index is 1740. The zero-order chi connectivity index (χ0) is 31.2. The average Bonchev–Trinajstić information content (AvgIpc) is 2.94. The first-order chi connectivity index (χ1) is 20.4. The van der Waals surface area contributed by atoms with E-state index in [-0.39, 0.29) is 57.7 Å². The maximum Gasteiger partial charge on any atom is 0.355 e. The standard InChI is InChI=1S/C31H36ClFN8O2/c1-15(2)24-27(25(16(3)4)38-30(37-24)35-19(7)42)41-29-21(12-22(32)26(36-29)20-10-8-9-11-23(20)33)28(39-31(41)43)40-14-17(5)34-13-18(40)6/h8-12,15-18,34H,13-14H2,1-7H3,(H,35,37,38,42)/t17-,18+/m1/s1. The van der Waals surface area contributed by atoms with E-state index in [0.717, 1.165) is 0 Å². The van der Waals surface area contributed by atoms with Crippen molar-refractivity contribution in [1.82, 2.24) is 29.8 Å². The van der Waals surface area contributed by atoms with Gasteiger partial charge in [0.2, 0.25) is 11.9 Å². The zero-order valence-corrected chi connectivity index (χ0v) is 26.1. The topological polar surface area (TPSA) is 118 Å². The second kappa shape index (κ2) is 12.0. The minimum atomic E-state index is -0.574. The lowest BCUT2D eigenvalue weighted by Crippen LogP contribution is -2.55. The fourth-order valence-electron chi connectivity index (χ4n) is 5.42. The predicted octanol–water partition coefficient (Wildman–Crippen LogP) is 5.42. The van der Waals surface area contributed by atoms with E-state index in [9.17, 15) is 9.59 Å². The van der Waals surface area contributed by atoms with Crippen LogP contribution in [0.2, 0.25) is 5.02 Å². The Morgan fingerprint density at radius 2 is 1.72 bits per heavy atom. The number of fused-ring (bicyclic) bond motifs is 1. The van der Waals surface area contributed by atoms with Crippen molar-refractivity contribution in [2.75, 3.05) is 23.3 Å². The van der Waals surface area contributed by atoms with Gasteiger partial charge in [0.25, 0.3) is 0 Å². The molecule has 0 spiro atoms. The lowest BCUT2D eigenvalue weighted by molar-refractivity contribution is -0.114. The van der Waals surface area contributed by atoms with E-state index in [4.69, 9.17) is 16.6 Å². The number of aromatic nitrogens is 5. The van der Waals surface area contributed by atoms with Crippen LogP contribution >= 0.6 is 11.6 Å². The van der Waals surface area contributed by atoms with Gasteiger partial charge < -0.3 is 10.2 Å². The van der Waals surface area contributed by atoms with Gasteiger partial charge in [0.05, 0.1) is 33.2 Å². The number of piperazine rings is 1. The van der Waals surface area contributed by atoms with Crippen LogP contribution in [0.15, 0.2) is 35.1 Å². The van der Waals surface area contributed by atoms with Crippen molar-refractivity contribution >= 4 is 40.3 Å². The number of nitrogens with one attached hydrogen (secondary N) is 2. The highest BCUT2D eigenvalue weighted by molar-refractivity contribution is 6.33. The van der Waals surface area contributed by atoms with Crippen molar-refractivity contribution in [3.63, 3.8) is 0 Å². The van der Waals surface area contributed by atoms with Gasteiger partial charge in [-0.3, -0.25) is 10.1 Å². The maximum absolute atomic E-state index is 15.1. The molecule has 226 valence electrons. The predicted molar refractivity (Wildman–Crippen MR) is 168 cm³/mol. The fraction of sp³-hybridized carbons (Fsp3) is 0.419. The summed E-state index contributed by atoms with van der Waals surface area (Å²) in [5.41, 5.74) is 1.60. The number of anilines is 2. The van der Waals surface area contributed by atoms with Crippen LogP contribution in [0.3, 0.4) is 0 Å². The molecule has 0 saturated carbocycles. The van der Waals surface area contributed by atoms with Gasteiger partial charge in [0, 0.05) is 37.7 Å². The smallest absolute Gasteiger partial charge is 0.350 e. The fourth-order valence-corrected chi connectivity index (χ4v) is 5.68. The van der Waals surface area contributed by atoms with Gasteiger partial charge >= 0.3 is 5.69 Å². The number of benzene rings is 1. The van der Waals surface area contributed by atoms with Gasteiger partial charge in [-0.05, 0) is 43.9 Å². The molecule has 3 aromatic heterocycles. The van der Waals surface area contributed by atoms with E-state index < -0.39 is 11.5 Å². The second-order valence-corrected chi connectivity index (χ2v) is 12.1. The van der Waals surface area contributed by atoms with E-state index in [1.807, 2.05) is 27.7 Å². The van der Waals surface area contributed by atoms with Gasteiger partial charge in [-0.25, -0.2) is 28.7 Å². The molecule has 1 saturated heterocycles. The number of carbonyl (C=O) groups is 1. The highest BCUT2D eigenvalue weighted by atomic mass is 35.5. The summed E-state index contributed by atoms with van der Waals surface area (Å²) >= 11 is 6.82. The number of hydrogen-bond donors (Lipinski definition) is 2. The second-order valence-electron chi connectivity index (χ2n) is 11.7. The molecule has 5 rings (SSSR count). The first-order valence-corrected chi connectivity index (χ1v) is 14.8. The summed E-state index contributed by atoms with van der Waals surface area (Å²) in [5, 5.41) is 6.91. The number of pyridine rings is 1. The summed E-state index contributed by atoms with van der Waals surface area (Å²) < 4.78 is 16.5. The molecular formula is C31H36ClFN8O2. The van der Waals surface area contributed by atoms with Crippen LogP contribution < -0.4 is 21.2 Å². The third-order valence-electron chi connectivity index (χ3n) is 7.51. The van der Waals surface area contributed by atoms with E-state index in [2.05, 4.69) is 44.3 Å². The molecule has 1 fully saturated rings. The molecule has 12 heteroatoms. The number of halogens is 2. The Morgan fingerprint density at radius 3 is 2.33 bits per heavy atom. The first-order valence-electron chi connectivity index (χ1n) is 14.4. The molecule has 1 amide bonds. The van der Waals surface area contributed by atoms with Gasteiger partial charge in [-0.1, -0.05) is 51.4 Å². The van der Waals surface area contributed by atoms with Gasteiger partial charge in [0.15, 0.2) is 5.65 Å². The summed E-state index contributed by atoms with van der Waals surface area (Å²) in [5.74, 6) is -0.528. The van der Waals surface area contributed by atoms with Crippen molar-refractivity contribution in [2.45, 2.75) is 72.4 Å². The molecule has 0 bridgehead atoms. The van der Waals surface area contributed by atoms with E-state index >= 15 is 4.39 Å². The third-order valence-corrected chi connectivity index (χ3v) is 7.80. The summed E-state index contributed by atoms with van der Waals surface area (Å²) in [6.45, 7) is 14.6. The van der Waals surface area contributed by atoms with Gasteiger partial charge in [-0.15, -0.1) is 0 Å². The van der Waals surface area contributed by atoms with Crippen molar-refractivity contribution < 1.29 is 9.18 Å². The molecule has 4 aromatic rings. The highest BCUT2D eigenvalue weighted by Crippen LogP contribution is 2.37. The molecule has 0 aliphatic carbocycles. The van der Waals surface area contributed by atoms with E-state index in [1.54, 1.807) is 24.3 Å². The molecule has 1 aliphatic rings. The van der Waals surface area contributed by atoms with Crippen LogP contribution in [0, 0.1) is 5.82 Å². The largest absolute Gasteiger partial charge is 0.355 e. The Kier molecular flexibility index (Phi) is 8.49. The highest BCUT2D eigenvalue weighted by Gasteiger charge is 2.30. The Morgan fingerprint density at radius 1 is 1.07 bits per heavy atom. The van der Waals surface area contributed by atoms with Gasteiger partial charge in [0.1, 0.15) is 11.6 Å². The summed E-state index contributed by atoms with van der Waals surface area (Å²) in [7, 11) is 0. The number of hydrogen-bond acceptors (Lipinski definition) is 8. The van der Waals surface area contributed by atoms with Crippen molar-refractivity contribution in [3.8, 4) is 16.9 Å². The number of carbonyl (C=O) groups excluding carboxylic acids is 1. The minimum Gasteiger partial charge on any atom is -0.350 e. The molecular weight excluding hydrogens is 571 g/mol. The molecule has 10 nitrogen and oxygen atoms in total. The number of amides is 1. The molecule has 0 radical (unpaired) electrons. The van der Waals surface area contributed by atoms with Crippen LogP contribution in [0.25, 0.3) is 28.0 Å². The van der Waals surface area contributed by atoms with Crippen molar-refractivity contribution in [3.05, 3.63) is 63.0 Å². The molecule has 43 heavy (non-hydrogen) atoms. The summed E-state index contributed by atoms with van der Waals surface area (Å²) in [4.78, 5) is 47.1. The Labute approximate surface area is 254 Å². The molecule has 0 unspecified atom stereocenters. The lowest BCUT2D eigenvalue weighted by Gasteiger charge is -2.38. The molecule has 1 aromatic carbocycles. The Hall–Kier alpha value is -3.96. The monoisotopic (exact) mass is 606 g/mol. The third kappa shape index (κ3) is 5.83. The van der Waals surface area contributed by atoms with Crippen molar-refractivity contribution in [2.24, 2.45) is 0 Å². The van der Waals surface area contributed by atoms with E-state index in [0.29, 0.717) is 41.4 Å². The number of nitrogens with zero attached hydrogens (tertiary/aromatic N) is 6. The van der Waals surface area contributed by atoms with Crippen LogP contribution in [0.4, 0.5) is 16.2 Å². The average molecular weight is 607 g/mol. The Balaban J connectivity index is 1.93. The number of rotatable bonds is 6. The van der Waals surface area contributed by atoms with Crippen LogP contribution in [-0.4, -0.2) is 55.6 Å². The zero-order valence-electron chi connectivity index (χ0n) is 25.4. The van der Waals surface area contributed by atoms with Crippen LogP contribution in [-0.2, 0) is 4.79 Å². The van der Waals surface area contributed by atoms with Crippen molar-refractivity contribution in [1.29, 1.82) is 0 Å². The maximum atomic E-state index is 15.1. The van der Waals surface area contributed by atoms with E-state index in [1.165, 1.54) is 17.6 Å². The van der Waals surface area contributed by atoms with Gasteiger partial charge in [-0.2, -0.15) is 4.98 Å². The summed E-state index contributed by atoms with van der Waals surface area (Å²) in [6, 6.07) is 8.14. The quantitative estimate of drug-likeness (QED) is 0.299. The summed E-state index contributed by atoms with van der Waals surface area (Å²) in [6.07, 6.45) is 0. The van der Waals surface area contributed by atoms with Crippen LogP contribution in [0.5, 0.6) is 0 Å². The normalized spacial score (nSPS) is 17.2. The molecule has 2 N–H and O–H groups in total. The minimum absolute atomic E-state index is 0.0323. The SMILES string of the molecule is CC(=O)Nc1nc(C(C)C)c(-n2c(=O)nc(N3C[C@@H](C)NC[C@@H]3C)c3cc(Cl)c(-c4ccccc4F)nc32)c(C(C)C)n1. The van der Waals surface area contributed by atoms with Crippen LogP contribution in [0.1, 0.15) is 71.7 Å². The molecule has 1 aliphatic heterocycles. The molecule has 4 heterocycles. The molecule has 2 atom stereocenters.